The molecule has 0 radical (unpaired) electrons. The van der Waals surface area contributed by atoms with Crippen molar-refractivity contribution in [1.82, 2.24) is 9.78 Å². The summed E-state index contributed by atoms with van der Waals surface area (Å²) in [6.07, 6.45) is 3.12. The summed E-state index contributed by atoms with van der Waals surface area (Å²) in [5.41, 5.74) is 7.54. The van der Waals surface area contributed by atoms with E-state index in [0.717, 1.165) is 24.1 Å². The molecule has 0 spiro atoms. The van der Waals surface area contributed by atoms with Crippen LogP contribution in [-0.2, 0) is 23.5 Å². The number of sulfonamides is 1. The lowest BCUT2D eigenvalue weighted by molar-refractivity contribution is 0.563. The average Bonchev–Trinajstić information content (AvgIpc) is 2.78. The molecule has 1 aliphatic rings. The van der Waals surface area contributed by atoms with Gasteiger partial charge in [0.2, 0.25) is 0 Å². The molecule has 7 heteroatoms. The Kier molecular flexibility index (Phi) is 3.16. The molecule has 2 heterocycles. The molecule has 0 saturated heterocycles. The van der Waals surface area contributed by atoms with E-state index in [0.29, 0.717) is 0 Å². The monoisotopic (exact) mass is 306 g/mol. The first-order chi connectivity index (χ1) is 9.91. The Balaban J connectivity index is 2.17. The van der Waals surface area contributed by atoms with Crippen LogP contribution in [0.3, 0.4) is 0 Å². The van der Waals surface area contributed by atoms with Crippen molar-refractivity contribution in [3.8, 4) is 0 Å². The molecular formula is C14H18N4O2S. The lowest BCUT2D eigenvalue weighted by atomic mass is 9.99. The van der Waals surface area contributed by atoms with Crippen LogP contribution in [0.4, 0.5) is 11.5 Å². The largest absolute Gasteiger partial charge is 0.381 e. The van der Waals surface area contributed by atoms with Crippen LogP contribution in [0.5, 0.6) is 0 Å². The van der Waals surface area contributed by atoms with Crippen LogP contribution >= 0.6 is 0 Å². The van der Waals surface area contributed by atoms with E-state index in [4.69, 9.17) is 5.73 Å². The van der Waals surface area contributed by atoms with Gasteiger partial charge in [0, 0.05) is 19.3 Å². The van der Waals surface area contributed by atoms with Crippen LogP contribution in [0.2, 0.25) is 0 Å². The summed E-state index contributed by atoms with van der Waals surface area (Å²) >= 11 is 0. The molecule has 0 amide bonds. The Hall–Kier alpha value is -2.02. The third-order valence-electron chi connectivity index (χ3n) is 3.82. The summed E-state index contributed by atoms with van der Waals surface area (Å²) in [7, 11) is -2.05. The molecule has 1 aromatic heterocycles. The molecule has 0 fully saturated rings. The van der Waals surface area contributed by atoms with Gasteiger partial charge in [0.25, 0.3) is 10.0 Å². The number of nitrogens with two attached hydrogens (primary N) is 1. The lowest BCUT2D eigenvalue weighted by Crippen LogP contribution is -2.42. The van der Waals surface area contributed by atoms with Gasteiger partial charge in [0.05, 0.1) is 5.69 Å². The molecule has 0 saturated carbocycles. The highest BCUT2D eigenvalue weighted by Crippen LogP contribution is 2.36. The fourth-order valence-electron chi connectivity index (χ4n) is 2.81. The van der Waals surface area contributed by atoms with E-state index < -0.39 is 10.0 Å². The Morgan fingerprint density at radius 1 is 1.33 bits per heavy atom. The number of nitrogen functional groups attached to an aromatic ring is 1. The van der Waals surface area contributed by atoms with E-state index in [9.17, 15) is 8.42 Å². The molecule has 2 aromatic rings. The number of rotatable bonds is 2. The average molecular weight is 306 g/mol. The second kappa shape index (κ2) is 4.77. The van der Waals surface area contributed by atoms with Gasteiger partial charge in [0.1, 0.15) is 4.90 Å². The van der Waals surface area contributed by atoms with Gasteiger partial charge in [-0.3, -0.25) is 8.99 Å². The molecule has 112 valence electrons. The number of anilines is 2. The molecule has 0 aliphatic carbocycles. The van der Waals surface area contributed by atoms with Crippen molar-refractivity contribution in [2.24, 2.45) is 7.05 Å². The van der Waals surface area contributed by atoms with Crippen LogP contribution in [0.15, 0.2) is 35.4 Å². The van der Waals surface area contributed by atoms with E-state index in [2.05, 4.69) is 5.10 Å². The maximum atomic E-state index is 13.0. The Bertz CT molecular complexity index is 782. The number of benzene rings is 1. The summed E-state index contributed by atoms with van der Waals surface area (Å²) in [4.78, 5) is 0.0635. The minimum absolute atomic E-state index is 0.0350. The van der Waals surface area contributed by atoms with Gasteiger partial charge in [-0.05, 0) is 31.4 Å². The topological polar surface area (TPSA) is 81.2 Å². The van der Waals surface area contributed by atoms with Crippen molar-refractivity contribution in [2.45, 2.75) is 30.7 Å². The number of aryl methyl sites for hydroxylation is 2. The molecule has 0 bridgehead atoms. The van der Waals surface area contributed by atoms with Gasteiger partial charge in [-0.1, -0.05) is 18.2 Å². The number of aromatic nitrogens is 2. The first kappa shape index (κ1) is 13.9. The fraction of sp³-hybridized carbons (Fsp3) is 0.357. The number of hydrogen-bond acceptors (Lipinski definition) is 4. The molecular weight excluding hydrogens is 288 g/mol. The van der Waals surface area contributed by atoms with E-state index in [1.807, 2.05) is 31.2 Å². The zero-order valence-electron chi connectivity index (χ0n) is 12.0. The standard InChI is InChI=1S/C14H18N4O2S/c1-10-7-8-11-5-3-4-6-12(11)18(10)21(19,20)13-9-17(2)16-14(13)15/h3-6,9-10H,7-8H2,1-2H3,(H2,15,16). The van der Waals surface area contributed by atoms with Gasteiger partial charge < -0.3 is 5.73 Å². The smallest absolute Gasteiger partial charge is 0.269 e. The fourth-order valence-corrected chi connectivity index (χ4v) is 4.63. The van der Waals surface area contributed by atoms with Gasteiger partial charge in [0.15, 0.2) is 5.82 Å². The lowest BCUT2D eigenvalue weighted by Gasteiger charge is -2.35. The maximum absolute atomic E-state index is 13.0. The SMILES string of the molecule is CC1CCc2ccccc2N1S(=O)(=O)c1cn(C)nc1N. The Labute approximate surface area is 124 Å². The van der Waals surface area contributed by atoms with E-state index in [1.165, 1.54) is 15.2 Å². The maximum Gasteiger partial charge on any atom is 0.269 e. The Morgan fingerprint density at radius 2 is 2.05 bits per heavy atom. The predicted molar refractivity (Wildman–Crippen MR) is 81.5 cm³/mol. The van der Waals surface area contributed by atoms with Crippen molar-refractivity contribution in [1.29, 1.82) is 0 Å². The second-order valence-electron chi connectivity index (χ2n) is 5.37. The van der Waals surface area contributed by atoms with E-state index in [1.54, 1.807) is 7.05 Å². The van der Waals surface area contributed by atoms with Crippen molar-refractivity contribution >= 4 is 21.5 Å². The highest BCUT2D eigenvalue weighted by atomic mass is 32.2. The minimum atomic E-state index is -3.71. The molecule has 3 rings (SSSR count). The van der Waals surface area contributed by atoms with Crippen molar-refractivity contribution in [3.63, 3.8) is 0 Å². The third kappa shape index (κ3) is 2.17. The summed E-state index contributed by atoms with van der Waals surface area (Å²) in [5.74, 6) is 0.0350. The van der Waals surface area contributed by atoms with Gasteiger partial charge in [-0.2, -0.15) is 5.10 Å². The number of para-hydroxylation sites is 1. The van der Waals surface area contributed by atoms with Crippen LogP contribution in [0.25, 0.3) is 0 Å². The van der Waals surface area contributed by atoms with Crippen LogP contribution in [-0.4, -0.2) is 24.2 Å². The first-order valence-corrected chi connectivity index (χ1v) is 8.26. The molecule has 21 heavy (non-hydrogen) atoms. The number of fused-ring (bicyclic) bond motifs is 1. The first-order valence-electron chi connectivity index (χ1n) is 6.82. The van der Waals surface area contributed by atoms with Crippen molar-refractivity contribution < 1.29 is 8.42 Å². The zero-order chi connectivity index (χ0) is 15.2. The number of hydrogen-bond donors (Lipinski definition) is 1. The molecule has 2 N–H and O–H groups in total. The van der Waals surface area contributed by atoms with Crippen LogP contribution in [0.1, 0.15) is 18.9 Å². The molecule has 1 unspecified atom stereocenters. The molecule has 1 aliphatic heterocycles. The molecule has 6 nitrogen and oxygen atoms in total. The normalized spacial score (nSPS) is 18.6. The zero-order valence-corrected chi connectivity index (χ0v) is 12.8. The molecule has 1 atom stereocenters. The predicted octanol–water partition coefficient (Wildman–Crippen LogP) is 1.53. The number of nitrogens with zero attached hydrogens (tertiary/aromatic N) is 3. The minimum Gasteiger partial charge on any atom is -0.381 e. The highest BCUT2D eigenvalue weighted by Gasteiger charge is 2.35. The highest BCUT2D eigenvalue weighted by molar-refractivity contribution is 7.93. The second-order valence-corrected chi connectivity index (χ2v) is 7.15. The quantitative estimate of drug-likeness (QED) is 0.912. The van der Waals surface area contributed by atoms with E-state index >= 15 is 0 Å². The summed E-state index contributed by atoms with van der Waals surface area (Å²) < 4.78 is 28.9. The van der Waals surface area contributed by atoms with Gasteiger partial charge in [-0.25, -0.2) is 8.42 Å². The molecule has 1 aromatic carbocycles. The Morgan fingerprint density at radius 3 is 2.71 bits per heavy atom. The van der Waals surface area contributed by atoms with Crippen LogP contribution < -0.4 is 10.0 Å². The van der Waals surface area contributed by atoms with E-state index in [-0.39, 0.29) is 16.8 Å². The van der Waals surface area contributed by atoms with Gasteiger partial charge in [-0.15, -0.1) is 0 Å². The summed E-state index contributed by atoms with van der Waals surface area (Å²) in [6, 6.07) is 7.49. The third-order valence-corrected chi connectivity index (χ3v) is 5.76. The summed E-state index contributed by atoms with van der Waals surface area (Å²) in [6.45, 7) is 1.92. The summed E-state index contributed by atoms with van der Waals surface area (Å²) in [5, 5.41) is 3.94. The van der Waals surface area contributed by atoms with Crippen molar-refractivity contribution in [3.05, 3.63) is 36.0 Å². The van der Waals surface area contributed by atoms with Gasteiger partial charge >= 0.3 is 0 Å². The van der Waals surface area contributed by atoms with Crippen molar-refractivity contribution in [2.75, 3.05) is 10.0 Å². The van der Waals surface area contributed by atoms with Crippen LogP contribution in [0, 0.1) is 0 Å².